The fourth-order valence-electron chi connectivity index (χ4n) is 3.64. The second kappa shape index (κ2) is 10.0. The first-order valence-electron chi connectivity index (χ1n) is 10.4. The van der Waals surface area contributed by atoms with E-state index < -0.39 is 45.2 Å². The van der Waals surface area contributed by atoms with Crippen molar-refractivity contribution < 1.29 is 41.4 Å². The molecule has 34 heavy (non-hydrogen) atoms. The number of H-pyrrole nitrogens is 1. The van der Waals surface area contributed by atoms with E-state index >= 15 is 0 Å². The van der Waals surface area contributed by atoms with Gasteiger partial charge in [0.1, 0.15) is 5.82 Å². The van der Waals surface area contributed by atoms with Crippen molar-refractivity contribution in [3.63, 3.8) is 0 Å². The molecule has 0 unspecified atom stereocenters. The number of ether oxygens (including phenoxy) is 3. The third kappa shape index (κ3) is 4.88. The maximum Gasteiger partial charge on any atom is 0.341 e. The van der Waals surface area contributed by atoms with Crippen LogP contribution in [0.3, 0.4) is 0 Å². The van der Waals surface area contributed by atoms with Crippen LogP contribution in [0.15, 0.2) is 23.1 Å². The third-order valence-corrected chi connectivity index (χ3v) is 7.39. The van der Waals surface area contributed by atoms with Crippen LogP contribution in [0.4, 0.5) is 4.39 Å². The number of halogens is 1. The molecule has 184 valence electrons. The summed E-state index contributed by atoms with van der Waals surface area (Å²) >= 11 is 0. The number of rotatable bonds is 7. The Balaban J connectivity index is 1.82. The Morgan fingerprint density at radius 2 is 1.79 bits per heavy atom. The van der Waals surface area contributed by atoms with Gasteiger partial charge in [-0.2, -0.15) is 4.31 Å². The van der Waals surface area contributed by atoms with E-state index in [0.29, 0.717) is 11.3 Å². The molecule has 0 spiro atoms. The highest BCUT2D eigenvalue weighted by molar-refractivity contribution is 7.89. The number of Topliss-reactive ketones (excluding diaryl/α,β-unsaturated/α-hetero) is 1. The number of esters is 2. The molecule has 2 heterocycles. The molecule has 0 bridgehead atoms. The van der Waals surface area contributed by atoms with Crippen molar-refractivity contribution in [3.05, 3.63) is 52.1 Å². The Hall–Kier alpha value is -3.09. The molecule has 0 aliphatic carbocycles. The van der Waals surface area contributed by atoms with E-state index in [-0.39, 0.29) is 42.5 Å². The Labute approximate surface area is 196 Å². The van der Waals surface area contributed by atoms with Gasteiger partial charge in [-0.3, -0.25) is 4.79 Å². The standard InChI is InChI=1S/C22H25FN2O8S/c1-12-18(22(28)31-4)13(2)24-19(12)20(26)14(3)33-21(27)16-11-15(5-6-17(16)23)34(29,30)25-7-9-32-10-8-25/h5-6,11,14,24H,7-10H2,1-4H3/t14-/m1/s1. The van der Waals surface area contributed by atoms with Crippen LogP contribution in [0.2, 0.25) is 0 Å². The number of hydrogen-bond acceptors (Lipinski definition) is 8. The Morgan fingerprint density at radius 1 is 1.15 bits per heavy atom. The van der Waals surface area contributed by atoms with Gasteiger partial charge in [0, 0.05) is 18.8 Å². The van der Waals surface area contributed by atoms with E-state index in [0.717, 1.165) is 18.2 Å². The lowest BCUT2D eigenvalue weighted by Crippen LogP contribution is -2.40. The quantitative estimate of drug-likeness (QED) is 0.455. The van der Waals surface area contributed by atoms with Crippen LogP contribution in [-0.2, 0) is 24.2 Å². The number of carbonyl (C=O) groups is 3. The predicted octanol–water partition coefficient (Wildman–Crippen LogP) is 2.01. The monoisotopic (exact) mass is 496 g/mol. The number of sulfonamides is 1. The SMILES string of the molecule is COC(=O)c1c(C)[nH]c(C(=O)[C@@H](C)OC(=O)c2cc(S(=O)(=O)N3CCOCC3)ccc2F)c1C. The predicted molar refractivity (Wildman–Crippen MR) is 117 cm³/mol. The summed E-state index contributed by atoms with van der Waals surface area (Å²) in [6.07, 6.45) is -1.35. The van der Waals surface area contributed by atoms with Gasteiger partial charge in [0.05, 0.1) is 42.0 Å². The number of aromatic nitrogens is 1. The average Bonchev–Trinajstić information content (AvgIpc) is 3.12. The molecule has 1 saturated heterocycles. The highest BCUT2D eigenvalue weighted by atomic mass is 32.2. The Kier molecular flexibility index (Phi) is 7.54. The fourth-order valence-corrected chi connectivity index (χ4v) is 5.08. The summed E-state index contributed by atoms with van der Waals surface area (Å²) in [5.74, 6) is -3.48. The van der Waals surface area contributed by atoms with Gasteiger partial charge in [-0.15, -0.1) is 0 Å². The van der Waals surface area contributed by atoms with E-state index in [2.05, 4.69) is 4.98 Å². The number of aryl methyl sites for hydroxylation is 1. The lowest BCUT2D eigenvalue weighted by atomic mass is 10.1. The molecule has 2 aromatic rings. The molecule has 1 aliphatic heterocycles. The van der Waals surface area contributed by atoms with Crippen LogP contribution in [-0.4, -0.2) is 74.9 Å². The summed E-state index contributed by atoms with van der Waals surface area (Å²) in [6, 6.07) is 2.81. The number of aromatic amines is 1. The summed E-state index contributed by atoms with van der Waals surface area (Å²) in [6.45, 7) is 5.13. The van der Waals surface area contributed by atoms with E-state index in [9.17, 15) is 27.2 Å². The maximum absolute atomic E-state index is 14.4. The summed E-state index contributed by atoms with van der Waals surface area (Å²) in [5, 5.41) is 0. The van der Waals surface area contributed by atoms with Crippen LogP contribution in [0, 0.1) is 19.7 Å². The first kappa shape index (κ1) is 25.5. The number of methoxy groups -OCH3 is 1. The molecule has 1 aliphatic rings. The maximum atomic E-state index is 14.4. The minimum atomic E-state index is -3.98. The first-order chi connectivity index (χ1) is 16.0. The largest absolute Gasteiger partial charge is 0.465 e. The van der Waals surface area contributed by atoms with Crippen molar-refractivity contribution in [2.75, 3.05) is 33.4 Å². The van der Waals surface area contributed by atoms with E-state index in [1.807, 2.05) is 0 Å². The molecule has 1 fully saturated rings. The number of benzene rings is 1. The first-order valence-corrected chi connectivity index (χ1v) is 11.8. The minimum absolute atomic E-state index is 0.0438. The van der Waals surface area contributed by atoms with Crippen LogP contribution in [0.1, 0.15) is 49.4 Å². The third-order valence-electron chi connectivity index (χ3n) is 5.49. The van der Waals surface area contributed by atoms with Gasteiger partial charge in [0.2, 0.25) is 15.8 Å². The second-order valence-electron chi connectivity index (χ2n) is 7.69. The number of morpholine rings is 1. The molecular weight excluding hydrogens is 471 g/mol. The van der Waals surface area contributed by atoms with Gasteiger partial charge in [-0.25, -0.2) is 22.4 Å². The topological polar surface area (TPSA) is 132 Å². The molecule has 12 heteroatoms. The smallest absolute Gasteiger partial charge is 0.341 e. The van der Waals surface area contributed by atoms with Gasteiger partial charge < -0.3 is 19.2 Å². The zero-order valence-electron chi connectivity index (χ0n) is 19.1. The fraction of sp³-hybridized carbons (Fsp3) is 0.409. The van der Waals surface area contributed by atoms with E-state index in [1.165, 1.54) is 25.3 Å². The van der Waals surface area contributed by atoms with Crippen molar-refractivity contribution in [2.24, 2.45) is 0 Å². The number of carbonyl (C=O) groups excluding carboxylic acids is 3. The second-order valence-corrected chi connectivity index (χ2v) is 9.62. The number of nitrogens with one attached hydrogen (secondary N) is 1. The summed E-state index contributed by atoms with van der Waals surface area (Å²) in [7, 11) is -2.77. The highest BCUT2D eigenvalue weighted by Gasteiger charge is 2.31. The molecule has 1 aromatic heterocycles. The van der Waals surface area contributed by atoms with Gasteiger partial charge in [-0.05, 0) is 44.5 Å². The van der Waals surface area contributed by atoms with Crippen LogP contribution < -0.4 is 0 Å². The van der Waals surface area contributed by atoms with Crippen molar-refractivity contribution in [1.82, 2.24) is 9.29 Å². The zero-order chi connectivity index (χ0) is 25.2. The van der Waals surface area contributed by atoms with Crippen molar-refractivity contribution in [2.45, 2.75) is 31.8 Å². The molecule has 10 nitrogen and oxygen atoms in total. The van der Waals surface area contributed by atoms with Crippen LogP contribution in [0.5, 0.6) is 0 Å². The molecule has 0 radical (unpaired) electrons. The molecule has 1 N–H and O–H groups in total. The van der Waals surface area contributed by atoms with Gasteiger partial charge >= 0.3 is 11.9 Å². The van der Waals surface area contributed by atoms with E-state index in [1.54, 1.807) is 6.92 Å². The molecule has 0 amide bonds. The Bertz CT molecular complexity index is 1230. The van der Waals surface area contributed by atoms with Gasteiger partial charge in [0.25, 0.3) is 0 Å². The summed E-state index contributed by atoms with van der Waals surface area (Å²) < 4.78 is 56.3. The highest BCUT2D eigenvalue weighted by Crippen LogP contribution is 2.23. The summed E-state index contributed by atoms with van der Waals surface area (Å²) in [5.41, 5.74) is 0.336. The van der Waals surface area contributed by atoms with Gasteiger partial charge in [-0.1, -0.05) is 0 Å². The van der Waals surface area contributed by atoms with E-state index in [4.69, 9.17) is 14.2 Å². The molecule has 1 atom stereocenters. The van der Waals surface area contributed by atoms with Crippen molar-refractivity contribution >= 4 is 27.7 Å². The van der Waals surface area contributed by atoms with Crippen molar-refractivity contribution in [3.8, 4) is 0 Å². The minimum Gasteiger partial charge on any atom is -0.465 e. The molecule has 1 aromatic carbocycles. The average molecular weight is 497 g/mol. The number of ketones is 1. The molecule has 3 rings (SSSR count). The lowest BCUT2D eigenvalue weighted by Gasteiger charge is -2.26. The lowest BCUT2D eigenvalue weighted by molar-refractivity contribution is 0.0312. The normalized spacial score (nSPS) is 15.6. The molecular formula is C22H25FN2O8S. The van der Waals surface area contributed by atoms with Gasteiger partial charge in [0.15, 0.2) is 6.10 Å². The Morgan fingerprint density at radius 3 is 2.41 bits per heavy atom. The molecule has 0 saturated carbocycles. The number of nitrogens with zero attached hydrogens (tertiary/aromatic N) is 1. The number of hydrogen-bond donors (Lipinski definition) is 1. The van der Waals surface area contributed by atoms with Crippen molar-refractivity contribution in [1.29, 1.82) is 0 Å². The van der Waals surface area contributed by atoms with Crippen LogP contribution >= 0.6 is 0 Å². The zero-order valence-corrected chi connectivity index (χ0v) is 20.0. The van der Waals surface area contributed by atoms with Crippen LogP contribution in [0.25, 0.3) is 0 Å². The summed E-state index contributed by atoms with van der Waals surface area (Å²) in [4.78, 5) is 40.0.